The van der Waals surface area contributed by atoms with Gasteiger partial charge < -0.3 is 0 Å². The maximum Gasteiger partial charge on any atom is 0.0253 e. The number of hydrogen-bond acceptors (Lipinski definition) is 0. The van der Waals surface area contributed by atoms with E-state index in [0.29, 0.717) is 0 Å². The topological polar surface area (TPSA) is 0 Å². The van der Waals surface area contributed by atoms with Gasteiger partial charge in [-0.2, -0.15) is 0 Å². The second-order valence-electron chi connectivity index (χ2n) is 4.37. The molecule has 0 aromatic heterocycles. The molecule has 0 saturated heterocycles. The van der Waals surface area contributed by atoms with E-state index >= 15 is 0 Å². The minimum absolute atomic E-state index is 0.950. The number of alkyl halides is 1. The van der Waals surface area contributed by atoms with Crippen molar-refractivity contribution >= 4 is 28.7 Å². The maximum absolute atomic E-state index is 4.06. The van der Waals surface area contributed by atoms with Crippen molar-refractivity contribution in [1.82, 2.24) is 0 Å². The molecule has 0 heterocycles. The minimum atomic E-state index is 0.950. The summed E-state index contributed by atoms with van der Waals surface area (Å²) in [6.45, 7) is 9.92. The molecule has 0 spiro atoms. The molecule has 0 saturated carbocycles. The summed E-state index contributed by atoms with van der Waals surface area (Å²) in [5.41, 5.74) is 4.89. The Labute approximate surface area is 136 Å². The van der Waals surface area contributed by atoms with Gasteiger partial charge in [-0.3, -0.25) is 0 Å². The van der Waals surface area contributed by atoms with E-state index in [1.54, 1.807) is 6.08 Å². The van der Waals surface area contributed by atoms with Crippen molar-refractivity contribution in [3.05, 3.63) is 90.1 Å². The van der Waals surface area contributed by atoms with Crippen LogP contribution in [0.15, 0.2) is 78.9 Å². The van der Waals surface area contributed by atoms with Gasteiger partial charge in [-0.15, -0.1) is 0 Å². The second-order valence-corrected chi connectivity index (χ2v) is 5.13. The summed E-state index contributed by atoms with van der Waals surface area (Å²) < 4.78 is 1.02. The van der Waals surface area contributed by atoms with Gasteiger partial charge in [0.05, 0.1) is 0 Å². The van der Waals surface area contributed by atoms with Gasteiger partial charge in [0.15, 0.2) is 0 Å². The first kappa shape index (κ1) is 16.7. The van der Waals surface area contributed by atoms with Crippen LogP contribution in [-0.2, 0) is 4.43 Å². The van der Waals surface area contributed by atoms with Gasteiger partial charge in [-0.1, -0.05) is 103 Å². The molecule has 104 valence electrons. The first-order valence-corrected chi connectivity index (χ1v) is 8.25. The fourth-order valence-electron chi connectivity index (χ4n) is 1.76. The van der Waals surface area contributed by atoms with Gasteiger partial charge in [0.25, 0.3) is 0 Å². The first-order chi connectivity index (χ1) is 9.72. The highest BCUT2D eigenvalue weighted by atomic mass is 127. The Hall–Kier alpha value is -1.35. The number of rotatable bonds is 7. The van der Waals surface area contributed by atoms with E-state index in [9.17, 15) is 0 Å². The van der Waals surface area contributed by atoms with E-state index in [4.69, 9.17) is 0 Å². The molecular weight excluding hydrogens is 355 g/mol. The Morgan fingerprint density at radius 2 is 2.00 bits per heavy atom. The molecule has 20 heavy (non-hydrogen) atoms. The fraction of sp³-hybridized carbons (Fsp3) is 0.158. The second kappa shape index (κ2) is 9.54. The van der Waals surface area contributed by atoms with Gasteiger partial charge in [-0.05, 0) is 28.7 Å². The molecule has 0 atom stereocenters. The Morgan fingerprint density at radius 3 is 2.65 bits per heavy atom. The Kier molecular flexibility index (Phi) is 7.97. The summed E-state index contributed by atoms with van der Waals surface area (Å²) in [6.07, 6.45) is 13.1. The predicted molar refractivity (Wildman–Crippen MR) is 100 cm³/mol. The maximum atomic E-state index is 4.06. The van der Waals surface area contributed by atoms with Crippen LogP contribution in [0.4, 0.5) is 0 Å². The summed E-state index contributed by atoms with van der Waals surface area (Å²) in [5.74, 6) is 0. The molecule has 1 heteroatoms. The SMILES string of the molecule is C=C/C=C(/C=C\C=C\c1ccccc1CI)C(=C)CC. The highest BCUT2D eigenvalue weighted by Gasteiger charge is 1.95. The minimum Gasteiger partial charge on any atom is -0.0990 e. The number of hydrogen-bond donors (Lipinski definition) is 0. The lowest BCUT2D eigenvalue weighted by Crippen LogP contribution is -1.83. The van der Waals surface area contributed by atoms with Crippen LogP contribution in [0.1, 0.15) is 24.5 Å². The van der Waals surface area contributed by atoms with Crippen LogP contribution in [0.2, 0.25) is 0 Å². The van der Waals surface area contributed by atoms with Gasteiger partial charge in [-0.25, -0.2) is 0 Å². The van der Waals surface area contributed by atoms with Crippen molar-refractivity contribution in [3.8, 4) is 0 Å². The zero-order chi connectivity index (χ0) is 14.8. The highest BCUT2D eigenvalue weighted by molar-refractivity contribution is 14.1. The molecule has 0 radical (unpaired) electrons. The van der Waals surface area contributed by atoms with Crippen molar-refractivity contribution in [2.75, 3.05) is 0 Å². The van der Waals surface area contributed by atoms with Crippen LogP contribution >= 0.6 is 22.6 Å². The van der Waals surface area contributed by atoms with Gasteiger partial charge in [0.1, 0.15) is 0 Å². The van der Waals surface area contributed by atoms with Crippen molar-refractivity contribution in [3.63, 3.8) is 0 Å². The van der Waals surface area contributed by atoms with E-state index < -0.39 is 0 Å². The summed E-state index contributed by atoms with van der Waals surface area (Å²) >= 11 is 2.39. The van der Waals surface area contributed by atoms with E-state index in [2.05, 4.69) is 91.2 Å². The zero-order valence-electron chi connectivity index (χ0n) is 12.0. The van der Waals surface area contributed by atoms with Crippen molar-refractivity contribution in [2.45, 2.75) is 17.8 Å². The monoisotopic (exact) mass is 376 g/mol. The van der Waals surface area contributed by atoms with Crippen LogP contribution in [0.25, 0.3) is 6.08 Å². The Balaban J connectivity index is 2.81. The first-order valence-electron chi connectivity index (χ1n) is 6.72. The van der Waals surface area contributed by atoms with Crippen LogP contribution in [0, 0.1) is 0 Å². The molecule has 1 rings (SSSR count). The molecule has 0 aliphatic carbocycles. The standard InChI is InChI=1S/C19H21I/c1-4-10-17(16(3)5-2)11-6-7-12-18-13-8-9-14-19(18)15-20/h4,6-14H,1,3,5,15H2,2H3/b11-6-,12-7+,17-10-. The molecule has 1 aromatic rings. The van der Waals surface area contributed by atoms with E-state index in [-0.39, 0.29) is 0 Å². The summed E-state index contributed by atoms with van der Waals surface area (Å²) in [6, 6.07) is 8.46. The molecule has 0 aliphatic heterocycles. The van der Waals surface area contributed by atoms with Crippen LogP contribution < -0.4 is 0 Å². The van der Waals surface area contributed by atoms with E-state index in [1.807, 2.05) is 6.08 Å². The van der Waals surface area contributed by atoms with Crippen LogP contribution in [-0.4, -0.2) is 0 Å². The van der Waals surface area contributed by atoms with Gasteiger partial charge >= 0.3 is 0 Å². The van der Waals surface area contributed by atoms with Crippen molar-refractivity contribution in [1.29, 1.82) is 0 Å². The average Bonchev–Trinajstić information content (AvgIpc) is 2.49. The largest absolute Gasteiger partial charge is 0.0990 e. The van der Waals surface area contributed by atoms with E-state index in [0.717, 1.165) is 22.0 Å². The molecular formula is C19H21I. The number of benzene rings is 1. The normalized spacial score (nSPS) is 12.2. The highest BCUT2D eigenvalue weighted by Crippen LogP contribution is 2.15. The zero-order valence-corrected chi connectivity index (χ0v) is 14.1. The fourth-order valence-corrected chi connectivity index (χ4v) is 2.45. The molecule has 0 unspecified atom stereocenters. The summed E-state index contributed by atoms with van der Waals surface area (Å²) in [5, 5.41) is 0. The van der Waals surface area contributed by atoms with Gasteiger partial charge in [0.2, 0.25) is 0 Å². The van der Waals surface area contributed by atoms with Crippen LogP contribution in [0.3, 0.4) is 0 Å². The third-order valence-corrected chi connectivity index (χ3v) is 3.82. The van der Waals surface area contributed by atoms with E-state index in [1.165, 1.54) is 11.1 Å². The predicted octanol–water partition coefficient (Wildman–Crippen LogP) is 6.27. The van der Waals surface area contributed by atoms with Crippen LogP contribution in [0.5, 0.6) is 0 Å². The lowest BCUT2D eigenvalue weighted by Gasteiger charge is -2.02. The van der Waals surface area contributed by atoms with Crippen molar-refractivity contribution < 1.29 is 0 Å². The molecule has 1 aromatic carbocycles. The Bertz CT molecular complexity index is 545. The van der Waals surface area contributed by atoms with Gasteiger partial charge in [0, 0.05) is 4.43 Å². The molecule has 0 fully saturated rings. The molecule has 0 bridgehead atoms. The average molecular weight is 376 g/mol. The summed E-state index contributed by atoms with van der Waals surface area (Å²) in [4.78, 5) is 0. The molecule has 0 amide bonds. The lowest BCUT2D eigenvalue weighted by molar-refractivity contribution is 1.13. The third kappa shape index (κ3) is 5.33. The number of halogens is 1. The molecule has 0 N–H and O–H groups in total. The Morgan fingerprint density at radius 1 is 1.25 bits per heavy atom. The molecule has 0 nitrogen and oxygen atoms in total. The lowest BCUT2D eigenvalue weighted by atomic mass is 10.0. The summed E-state index contributed by atoms with van der Waals surface area (Å²) in [7, 11) is 0. The smallest absolute Gasteiger partial charge is 0.0253 e. The van der Waals surface area contributed by atoms with Crippen molar-refractivity contribution in [2.24, 2.45) is 0 Å². The third-order valence-electron chi connectivity index (χ3n) is 2.99. The number of allylic oxidation sites excluding steroid dienone is 7. The molecule has 0 aliphatic rings. The quantitative estimate of drug-likeness (QED) is 0.299.